The van der Waals surface area contributed by atoms with E-state index in [1.165, 1.54) is 0 Å². The molecule has 20 heavy (non-hydrogen) atoms. The predicted molar refractivity (Wildman–Crippen MR) is 60.9 cm³/mol. The summed E-state index contributed by atoms with van der Waals surface area (Å²) in [5.41, 5.74) is 0. The number of carbonyl (C=O) groups excluding carboxylic acids is 1. The molecule has 0 radical (unpaired) electrons. The van der Waals surface area contributed by atoms with Crippen molar-refractivity contribution in [2.45, 2.75) is 44.0 Å². The SMILES string of the molecule is O=C(O)C1CC(CC2CCCO2)CN1C(=O)C(F)(F)F. The summed E-state index contributed by atoms with van der Waals surface area (Å²) in [6, 6.07) is -1.39. The lowest BCUT2D eigenvalue weighted by Gasteiger charge is -2.22. The molecule has 0 aromatic heterocycles. The van der Waals surface area contributed by atoms with Gasteiger partial charge >= 0.3 is 18.1 Å². The van der Waals surface area contributed by atoms with Crippen LogP contribution in [0.4, 0.5) is 13.2 Å². The number of aliphatic carboxylic acids is 1. The average molecular weight is 295 g/mol. The second-order valence-corrected chi connectivity index (χ2v) is 5.28. The van der Waals surface area contributed by atoms with E-state index in [4.69, 9.17) is 9.84 Å². The maximum Gasteiger partial charge on any atom is 0.471 e. The maximum atomic E-state index is 12.5. The first-order chi connectivity index (χ1) is 9.29. The second-order valence-electron chi connectivity index (χ2n) is 5.28. The van der Waals surface area contributed by atoms with Crippen molar-refractivity contribution in [3.8, 4) is 0 Å². The highest BCUT2D eigenvalue weighted by atomic mass is 19.4. The summed E-state index contributed by atoms with van der Waals surface area (Å²) in [5.74, 6) is -3.72. The van der Waals surface area contributed by atoms with Gasteiger partial charge in [-0.2, -0.15) is 13.2 Å². The minimum absolute atomic E-state index is 0.0321. The van der Waals surface area contributed by atoms with Crippen molar-refractivity contribution in [1.29, 1.82) is 0 Å². The highest BCUT2D eigenvalue weighted by molar-refractivity contribution is 5.87. The average Bonchev–Trinajstić information content (AvgIpc) is 2.96. The van der Waals surface area contributed by atoms with Crippen LogP contribution in [-0.2, 0) is 14.3 Å². The van der Waals surface area contributed by atoms with Crippen LogP contribution in [0.3, 0.4) is 0 Å². The fourth-order valence-corrected chi connectivity index (χ4v) is 2.92. The van der Waals surface area contributed by atoms with Crippen molar-refractivity contribution >= 4 is 11.9 Å². The van der Waals surface area contributed by atoms with Crippen molar-refractivity contribution in [3.63, 3.8) is 0 Å². The van der Waals surface area contributed by atoms with E-state index in [-0.39, 0.29) is 25.0 Å². The van der Waals surface area contributed by atoms with Gasteiger partial charge in [-0.15, -0.1) is 0 Å². The number of halogens is 3. The molecule has 5 nitrogen and oxygen atoms in total. The number of likely N-dealkylation sites (tertiary alicyclic amines) is 1. The number of carboxylic acid groups (broad SMARTS) is 1. The number of carbonyl (C=O) groups is 2. The normalized spacial score (nSPS) is 30.8. The molecule has 1 amide bonds. The number of alkyl halides is 3. The number of rotatable bonds is 3. The molecular weight excluding hydrogens is 279 g/mol. The number of hydrogen-bond acceptors (Lipinski definition) is 3. The molecule has 3 unspecified atom stereocenters. The summed E-state index contributed by atoms with van der Waals surface area (Å²) in [6.45, 7) is 0.458. The van der Waals surface area contributed by atoms with Crippen molar-refractivity contribution in [1.82, 2.24) is 4.90 Å². The van der Waals surface area contributed by atoms with E-state index < -0.39 is 24.1 Å². The molecule has 0 saturated carbocycles. The van der Waals surface area contributed by atoms with E-state index in [1.807, 2.05) is 0 Å². The summed E-state index contributed by atoms with van der Waals surface area (Å²) in [7, 11) is 0. The third-order valence-electron chi connectivity index (χ3n) is 3.80. The highest BCUT2D eigenvalue weighted by Crippen LogP contribution is 2.33. The van der Waals surface area contributed by atoms with Gasteiger partial charge in [0.15, 0.2) is 0 Å². The standard InChI is InChI=1S/C12H16F3NO4/c13-12(14,15)11(19)16-6-7(5-9(16)10(17)18)4-8-2-1-3-20-8/h7-9H,1-6H2,(H,17,18). The zero-order chi connectivity index (χ0) is 14.9. The Hall–Kier alpha value is -1.31. The van der Waals surface area contributed by atoms with Crippen LogP contribution < -0.4 is 0 Å². The zero-order valence-electron chi connectivity index (χ0n) is 10.7. The molecule has 114 valence electrons. The van der Waals surface area contributed by atoms with E-state index in [1.54, 1.807) is 0 Å². The third-order valence-corrected chi connectivity index (χ3v) is 3.80. The molecule has 0 bridgehead atoms. The number of ether oxygens (including phenoxy) is 1. The molecule has 2 heterocycles. The van der Waals surface area contributed by atoms with Gasteiger partial charge in [0, 0.05) is 13.2 Å². The molecule has 0 aliphatic carbocycles. The van der Waals surface area contributed by atoms with E-state index >= 15 is 0 Å². The Morgan fingerprint density at radius 2 is 2.05 bits per heavy atom. The predicted octanol–water partition coefficient (Wildman–Crippen LogP) is 1.42. The smallest absolute Gasteiger partial charge is 0.471 e. The first kappa shape index (κ1) is 15.1. The first-order valence-corrected chi connectivity index (χ1v) is 6.51. The molecule has 1 N–H and O–H groups in total. The Bertz CT molecular complexity index is 393. The minimum Gasteiger partial charge on any atom is -0.480 e. The monoisotopic (exact) mass is 295 g/mol. The van der Waals surface area contributed by atoms with E-state index in [2.05, 4.69) is 0 Å². The van der Waals surface area contributed by atoms with Gasteiger partial charge in [-0.3, -0.25) is 4.79 Å². The van der Waals surface area contributed by atoms with Crippen LogP contribution in [0.5, 0.6) is 0 Å². The zero-order valence-corrected chi connectivity index (χ0v) is 10.7. The molecule has 2 rings (SSSR count). The fourth-order valence-electron chi connectivity index (χ4n) is 2.92. The quantitative estimate of drug-likeness (QED) is 0.855. The van der Waals surface area contributed by atoms with E-state index in [0.717, 1.165) is 12.8 Å². The molecule has 2 aliphatic rings. The Kier molecular flexibility index (Phi) is 4.22. The highest BCUT2D eigenvalue weighted by Gasteiger charge is 2.50. The Morgan fingerprint density at radius 1 is 1.35 bits per heavy atom. The van der Waals surface area contributed by atoms with Crippen LogP contribution in [0, 0.1) is 5.92 Å². The molecule has 8 heteroatoms. The van der Waals surface area contributed by atoms with Crippen LogP contribution in [0.1, 0.15) is 25.7 Å². The Morgan fingerprint density at radius 3 is 2.55 bits per heavy atom. The van der Waals surface area contributed by atoms with Gasteiger partial charge in [-0.25, -0.2) is 4.79 Å². The van der Waals surface area contributed by atoms with Gasteiger partial charge in [0.2, 0.25) is 0 Å². The molecule has 0 aromatic carbocycles. The molecule has 2 fully saturated rings. The third kappa shape index (κ3) is 3.23. The maximum absolute atomic E-state index is 12.5. The van der Waals surface area contributed by atoms with Crippen LogP contribution in [0.2, 0.25) is 0 Å². The molecule has 3 atom stereocenters. The summed E-state index contributed by atoms with van der Waals surface area (Å²) < 4.78 is 42.8. The summed E-state index contributed by atoms with van der Waals surface area (Å²) in [6.07, 6.45) is -2.77. The Labute approximate surface area is 113 Å². The van der Waals surface area contributed by atoms with Crippen LogP contribution in [-0.4, -0.2) is 53.4 Å². The second kappa shape index (κ2) is 5.59. The number of nitrogens with zero attached hydrogens (tertiary/aromatic N) is 1. The van der Waals surface area contributed by atoms with Crippen molar-refractivity contribution in [2.75, 3.05) is 13.2 Å². The van der Waals surface area contributed by atoms with Crippen molar-refractivity contribution in [3.05, 3.63) is 0 Å². The molecule has 2 aliphatic heterocycles. The summed E-state index contributed by atoms with van der Waals surface area (Å²) >= 11 is 0. The number of carboxylic acids is 1. The number of amides is 1. The first-order valence-electron chi connectivity index (χ1n) is 6.51. The molecule has 0 spiro atoms. The lowest BCUT2D eigenvalue weighted by atomic mass is 9.97. The summed E-state index contributed by atoms with van der Waals surface area (Å²) in [5, 5.41) is 8.98. The summed E-state index contributed by atoms with van der Waals surface area (Å²) in [4.78, 5) is 22.7. The van der Waals surface area contributed by atoms with E-state index in [0.29, 0.717) is 17.9 Å². The van der Waals surface area contributed by atoms with Gasteiger partial charge in [0.1, 0.15) is 6.04 Å². The van der Waals surface area contributed by atoms with Gasteiger partial charge in [-0.1, -0.05) is 0 Å². The Balaban J connectivity index is 2.03. The molecule has 2 saturated heterocycles. The lowest BCUT2D eigenvalue weighted by molar-refractivity contribution is -0.188. The van der Waals surface area contributed by atoms with Gasteiger partial charge < -0.3 is 14.7 Å². The fraction of sp³-hybridized carbons (Fsp3) is 0.833. The minimum atomic E-state index is -5.04. The molecule has 0 aromatic rings. The molecular formula is C12H16F3NO4. The van der Waals surface area contributed by atoms with Crippen LogP contribution >= 0.6 is 0 Å². The topological polar surface area (TPSA) is 66.8 Å². The lowest BCUT2D eigenvalue weighted by Crippen LogP contribution is -2.46. The largest absolute Gasteiger partial charge is 0.480 e. The van der Waals surface area contributed by atoms with Gasteiger partial charge in [0.05, 0.1) is 6.10 Å². The van der Waals surface area contributed by atoms with Crippen molar-refractivity contribution in [2.24, 2.45) is 5.92 Å². The van der Waals surface area contributed by atoms with Crippen LogP contribution in [0.15, 0.2) is 0 Å². The van der Waals surface area contributed by atoms with E-state index in [9.17, 15) is 22.8 Å². The van der Waals surface area contributed by atoms with Crippen molar-refractivity contribution < 1.29 is 32.6 Å². The van der Waals surface area contributed by atoms with Gasteiger partial charge in [-0.05, 0) is 31.6 Å². The van der Waals surface area contributed by atoms with Crippen LogP contribution in [0.25, 0.3) is 0 Å². The van der Waals surface area contributed by atoms with Gasteiger partial charge in [0.25, 0.3) is 0 Å². The number of hydrogen-bond donors (Lipinski definition) is 1.